The number of benzene rings is 2. The van der Waals surface area contributed by atoms with E-state index < -0.39 is 0 Å². The molecule has 1 atom stereocenters. The maximum absolute atomic E-state index is 5.88. The monoisotopic (exact) mass is 291 g/mol. The van der Waals surface area contributed by atoms with Crippen molar-refractivity contribution in [1.82, 2.24) is 0 Å². The highest BCUT2D eigenvalue weighted by molar-refractivity contribution is 6.30. The highest BCUT2D eigenvalue weighted by Gasteiger charge is 2.05. The molecule has 3 heteroatoms. The first-order chi connectivity index (χ1) is 9.06. The van der Waals surface area contributed by atoms with Crippen molar-refractivity contribution < 1.29 is 0 Å². The molecule has 0 aliphatic rings. The normalized spacial score (nSPS) is 13.4. The molecule has 98 valence electrons. The van der Waals surface area contributed by atoms with Crippen LogP contribution in [-0.4, -0.2) is 5.71 Å². The van der Waals surface area contributed by atoms with Crippen molar-refractivity contribution >= 4 is 28.9 Å². The Morgan fingerprint density at radius 3 is 1.89 bits per heavy atom. The molecule has 2 aromatic rings. The lowest BCUT2D eigenvalue weighted by Gasteiger charge is -2.09. The van der Waals surface area contributed by atoms with Gasteiger partial charge < -0.3 is 0 Å². The zero-order chi connectivity index (χ0) is 13.8. The van der Waals surface area contributed by atoms with Crippen molar-refractivity contribution in [2.45, 2.75) is 19.9 Å². The molecule has 0 radical (unpaired) electrons. The highest BCUT2D eigenvalue weighted by atomic mass is 35.5. The van der Waals surface area contributed by atoms with Crippen LogP contribution in [0.1, 0.15) is 31.0 Å². The predicted octanol–water partition coefficient (Wildman–Crippen LogP) is 5.56. The Labute approximate surface area is 123 Å². The first-order valence-electron chi connectivity index (χ1n) is 6.12. The number of aliphatic imine (C=N–C) groups is 1. The van der Waals surface area contributed by atoms with Gasteiger partial charge in [-0.25, -0.2) is 0 Å². The van der Waals surface area contributed by atoms with Crippen molar-refractivity contribution in [2.24, 2.45) is 4.99 Å². The fraction of sp³-hybridized carbons (Fsp3) is 0.188. The molecule has 0 aliphatic heterocycles. The lowest BCUT2D eigenvalue weighted by Crippen LogP contribution is -1.98. The first kappa shape index (κ1) is 14.1. The van der Waals surface area contributed by atoms with Crippen molar-refractivity contribution in [1.29, 1.82) is 0 Å². The second kappa shape index (κ2) is 6.23. The molecule has 0 spiro atoms. The molecule has 0 aliphatic carbocycles. The van der Waals surface area contributed by atoms with Crippen LogP contribution >= 0.6 is 23.2 Å². The predicted molar refractivity (Wildman–Crippen MR) is 83.5 cm³/mol. The molecule has 1 nitrogen and oxygen atoms in total. The molecule has 0 fully saturated rings. The number of hydrogen-bond acceptors (Lipinski definition) is 1. The van der Waals surface area contributed by atoms with Crippen LogP contribution < -0.4 is 0 Å². The third-order valence-corrected chi connectivity index (χ3v) is 3.51. The summed E-state index contributed by atoms with van der Waals surface area (Å²) in [5.41, 5.74) is 3.24. The van der Waals surface area contributed by atoms with E-state index in [1.165, 1.54) is 0 Å². The average Bonchev–Trinajstić information content (AvgIpc) is 2.40. The van der Waals surface area contributed by atoms with Gasteiger partial charge in [-0.3, -0.25) is 4.99 Å². The van der Waals surface area contributed by atoms with Gasteiger partial charge in [0, 0.05) is 15.8 Å². The molecule has 2 aromatic carbocycles. The minimum Gasteiger partial charge on any atom is -0.282 e. The Kier molecular flexibility index (Phi) is 4.62. The Hall–Kier alpha value is -1.31. The van der Waals surface area contributed by atoms with Gasteiger partial charge in [0.25, 0.3) is 0 Å². The molecule has 0 unspecified atom stereocenters. The number of halogens is 2. The van der Waals surface area contributed by atoms with Crippen LogP contribution in [-0.2, 0) is 0 Å². The van der Waals surface area contributed by atoms with Gasteiger partial charge in [0.15, 0.2) is 0 Å². The lowest BCUT2D eigenvalue weighted by atomic mass is 10.1. The van der Waals surface area contributed by atoms with E-state index in [1.807, 2.05) is 55.5 Å². The maximum Gasteiger partial charge on any atom is 0.0724 e. The molecule has 0 heterocycles. The molecule has 0 N–H and O–H groups in total. The number of hydrogen-bond donors (Lipinski definition) is 0. The molecule has 0 aromatic heterocycles. The van der Waals surface area contributed by atoms with Gasteiger partial charge in [0.05, 0.1) is 6.04 Å². The lowest BCUT2D eigenvalue weighted by molar-refractivity contribution is 0.820. The van der Waals surface area contributed by atoms with Gasteiger partial charge in [-0.05, 0) is 49.2 Å². The molecule has 0 bridgehead atoms. The molecule has 2 rings (SSSR count). The van der Waals surface area contributed by atoms with Crippen LogP contribution in [0.2, 0.25) is 10.0 Å². The van der Waals surface area contributed by atoms with Crippen LogP contribution in [0.5, 0.6) is 0 Å². The molecular weight excluding hydrogens is 277 g/mol. The average molecular weight is 292 g/mol. The van der Waals surface area contributed by atoms with Gasteiger partial charge in [0.1, 0.15) is 0 Å². The summed E-state index contributed by atoms with van der Waals surface area (Å²) in [6.45, 7) is 4.08. The summed E-state index contributed by atoms with van der Waals surface area (Å²) in [4.78, 5) is 4.71. The van der Waals surface area contributed by atoms with E-state index in [1.54, 1.807) is 0 Å². The van der Waals surface area contributed by atoms with E-state index >= 15 is 0 Å². The van der Waals surface area contributed by atoms with E-state index in [0.29, 0.717) is 0 Å². The van der Waals surface area contributed by atoms with Gasteiger partial charge in [0.2, 0.25) is 0 Å². The summed E-state index contributed by atoms with van der Waals surface area (Å²) in [5.74, 6) is 0. The molecule has 0 saturated heterocycles. The van der Waals surface area contributed by atoms with Crippen LogP contribution in [0.25, 0.3) is 0 Å². The van der Waals surface area contributed by atoms with Gasteiger partial charge in [-0.2, -0.15) is 0 Å². The van der Waals surface area contributed by atoms with Crippen LogP contribution in [0.3, 0.4) is 0 Å². The van der Waals surface area contributed by atoms with E-state index in [-0.39, 0.29) is 6.04 Å². The Bertz CT molecular complexity index is 571. The molecule has 0 amide bonds. The summed E-state index contributed by atoms with van der Waals surface area (Å²) in [5, 5.41) is 1.48. The summed E-state index contributed by atoms with van der Waals surface area (Å²) < 4.78 is 0. The number of rotatable bonds is 3. The number of nitrogens with zero attached hydrogens (tertiary/aromatic N) is 1. The standard InChI is InChI=1S/C16H15Cl2N/c1-11(13-3-7-15(17)8-4-13)19-12(2)14-5-9-16(18)10-6-14/h3-11H,1-2H3/t11-/m1/s1. The fourth-order valence-electron chi connectivity index (χ4n) is 1.87. The van der Waals surface area contributed by atoms with E-state index in [9.17, 15) is 0 Å². The molecular formula is C16H15Cl2N. The SMILES string of the molecule is CC(=N[C@H](C)c1ccc(Cl)cc1)c1ccc(Cl)cc1. The van der Waals surface area contributed by atoms with Gasteiger partial charge >= 0.3 is 0 Å². The molecule has 19 heavy (non-hydrogen) atoms. The Morgan fingerprint density at radius 2 is 1.37 bits per heavy atom. The second-order valence-corrected chi connectivity index (χ2v) is 5.32. The van der Waals surface area contributed by atoms with E-state index in [2.05, 4.69) is 6.92 Å². The third kappa shape index (κ3) is 3.82. The summed E-state index contributed by atoms with van der Waals surface area (Å²) in [6, 6.07) is 15.6. The van der Waals surface area contributed by atoms with E-state index in [4.69, 9.17) is 28.2 Å². The van der Waals surface area contributed by atoms with Crippen molar-refractivity contribution in [2.75, 3.05) is 0 Å². The van der Waals surface area contributed by atoms with Crippen LogP contribution in [0.4, 0.5) is 0 Å². The largest absolute Gasteiger partial charge is 0.282 e. The highest BCUT2D eigenvalue weighted by Crippen LogP contribution is 2.20. The molecule has 0 saturated carbocycles. The van der Waals surface area contributed by atoms with Gasteiger partial charge in [-0.15, -0.1) is 0 Å². The Balaban J connectivity index is 2.20. The van der Waals surface area contributed by atoms with Crippen molar-refractivity contribution in [3.63, 3.8) is 0 Å². The smallest absolute Gasteiger partial charge is 0.0724 e. The topological polar surface area (TPSA) is 12.4 Å². The Morgan fingerprint density at radius 1 is 0.895 bits per heavy atom. The summed E-state index contributed by atoms with van der Waals surface area (Å²) in [7, 11) is 0. The third-order valence-electron chi connectivity index (χ3n) is 3.00. The van der Waals surface area contributed by atoms with Crippen molar-refractivity contribution in [3.8, 4) is 0 Å². The zero-order valence-electron chi connectivity index (χ0n) is 10.9. The second-order valence-electron chi connectivity index (χ2n) is 4.45. The van der Waals surface area contributed by atoms with Crippen LogP contribution in [0, 0.1) is 0 Å². The fourth-order valence-corrected chi connectivity index (χ4v) is 2.12. The zero-order valence-corrected chi connectivity index (χ0v) is 12.4. The van der Waals surface area contributed by atoms with Gasteiger partial charge in [-0.1, -0.05) is 47.5 Å². The minimum atomic E-state index is 0.105. The summed E-state index contributed by atoms with van der Waals surface area (Å²) in [6.07, 6.45) is 0. The maximum atomic E-state index is 5.88. The summed E-state index contributed by atoms with van der Waals surface area (Å²) >= 11 is 11.8. The van der Waals surface area contributed by atoms with Crippen molar-refractivity contribution in [3.05, 3.63) is 69.7 Å². The van der Waals surface area contributed by atoms with E-state index in [0.717, 1.165) is 26.9 Å². The first-order valence-corrected chi connectivity index (χ1v) is 6.87. The van der Waals surface area contributed by atoms with Crippen LogP contribution in [0.15, 0.2) is 53.5 Å². The minimum absolute atomic E-state index is 0.105. The quantitative estimate of drug-likeness (QED) is 0.656.